The molecule has 0 saturated carbocycles. The molecule has 1 amide bonds. The number of amides is 1. The zero-order valence-electron chi connectivity index (χ0n) is 24.6. The number of pyridine rings is 2. The number of hydrogen-bond acceptors (Lipinski definition) is 6. The Morgan fingerprint density at radius 3 is 2.64 bits per heavy atom. The number of H-pyrrole nitrogens is 1. The fourth-order valence-electron chi connectivity index (χ4n) is 5.76. The third kappa shape index (κ3) is 4.77. The van der Waals surface area contributed by atoms with E-state index >= 15 is 0 Å². The van der Waals surface area contributed by atoms with Crippen LogP contribution in [0.4, 0.5) is 5.82 Å². The van der Waals surface area contributed by atoms with Gasteiger partial charge in [-0.3, -0.25) is 9.69 Å². The first-order chi connectivity index (χ1) is 18.6. The average Bonchev–Trinajstić information content (AvgIpc) is 3.66. The summed E-state index contributed by atoms with van der Waals surface area (Å²) in [5.41, 5.74) is 8.60. The van der Waals surface area contributed by atoms with Gasteiger partial charge in [0.05, 0.1) is 36.0 Å². The topological polar surface area (TPSA) is 85.7 Å². The van der Waals surface area contributed by atoms with Crippen molar-refractivity contribution < 1.29 is 4.79 Å². The third-order valence-corrected chi connectivity index (χ3v) is 8.66. The molecule has 1 N–H and O–H groups in total. The largest absolute Gasteiger partial charge is 0.353 e. The molecule has 1 fully saturated rings. The molecule has 39 heavy (non-hydrogen) atoms. The van der Waals surface area contributed by atoms with Gasteiger partial charge in [-0.15, -0.1) is 0 Å². The quantitative estimate of drug-likeness (QED) is 0.346. The second-order valence-corrected chi connectivity index (χ2v) is 11.5. The van der Waals surface area contributed by atoms with Crippen LogP contribution in [0.2, 0.25) is 0 Å². The lowest BCUT2D eigenvalue weighted by molar-refractivity contribution is -0.131. The average molecular weight is 531 g/mol. The van der Waals surface area contributed by atoms with Gasteiger partial charge in [-0.1, -0.05) is 41.0 Å². The summed E-state index contributed by atoms with van der Waals surface area (Å²) < 4.78 is 1.86. The van der Waals surface area contributed by atoms with Crippen molar-refractivity contribution in [3.05, 3.63) is 41.3 Å². The number of rotatable bonds is 8. The van der Waals surface area contributed by atoms with E-state index in [-0.39, 0.29) is 17.9 Å². The molecule has 5 rings (SSSR count). The summed E-state index contributed by atoms with van der Waals surface area (Å²) in [7, 11) is 1.99. The first kappa shape index (κ1) is 27.1. The van der Waals surface area contributed by atoms with Gasteiger partial charge >= 0.3 is 0 Å². The number of hydrogen-bond donors (Lipinski definition) is 1. The van der Waals surface area contributed by atoms with Crippen molar-refractivity contribution in [1.82, 2.24) is 34.4 Å². The number of carbonyl (C=O) groups is 1. The Labute approximate surface area is 231 Å². The first-order valence-electron chi connectivity index (χ1n) is 14.2. The molecule has 0 aromatic carbocycles. The third-order valence-electron chi connectivity index (χ3n) is 8.66. The van der Waals surface area contributed by atoms with E-state index in [1.165, 1.54) is 11.1 Å². The fourth-order valence-corrected chi connectivity index (χ4v) is 5.76. The standard InChI is InChI=1S/C30H42N8O/c1-9-19(5)24-14-36(26(39)15-35(8)10-2)17-37(24)25-12-11-23-29(34-25)27(18(3)4)28(33-23)22-13-38-30(31-16-32-38)21(7)20(22)6/h11-13,16,18-19,24,33H,9-10,14-15,17H2,1-8H3/t19-,24?/m0/s1. The number of aromatic nitrogens is 5. The van der Waals surface area contributed by atoms with Crippen LogP contribution in [0, 0.1) is 19.8 Å². The van der Waals surface area contributed by atoms with Gasteiger partial charge in [-0.2, -0.15) is 5.10 Å². The molecule has 4 aromatic rings. The molecule has 5 heterocycles. The Kier molecular flexibility index (Phi) is 7.37. The first-order valence-corrected chi connectivity index (χ1v) is 14.2. The van der Waals surface area contributed by atoms with Crippen LogP contribution in [-0.4, -0.2) is 79.7 Å². The molecule has 0 aliphatic carbocycles. The molecule has 1 aliphatic rings. The summed E-state index contributed by atoms with van der Waals surface area (Å²) in [6.45, 7) is 17.9. The van der Waals surface area contributed by atoms with Crippen LogP contribution in [0.25, 0.3) is 27.9 Å². The predicted octanol–water partition coefficient (Wildman–Crippen LogP) is 4.99. The maximum atomic E-state index is 13.1. The molecular formula is C30H42N8O. The fraction of sp³-hybridized carbons (Fsp3) is 0.533. The molecule has 1 aliphatic heterocycles. The highest BCUT2D eigenvalue weighted by Gasteiger charge is 2.37. The maximum Gasteiger partial charge on any atom is 0.238 e. The van der Waals surface area contributed by atoms with Gasteiger partial charge in [0.25, 0.3) is 0 Å². The van der Waals surface area contributed by atoms with Crippen molar-refractivity contribution >= 4 is 28.4 Å². The lowest BCUT2D eigenvalue weighted by atomic mass is 9.95. The molecule has 208 valence electrons. The molecule has 1 saturated heterocycles. The normalized spacial score (nSPS) is 16.9. The van der Waals surface area contributed by atoms with Gasteiger partial charge in [0.2, 0.25) is 5.91 Å². The number of nitrogens with zero attached hydrogens (tertiary/aromatic N) is 7. The molecule has 4 aromatic heterocycles. The van der Waals surface area contributed by atoms with Gasteiger partial charge in [0, 0.05) is 23.9 Å². The molecule has 0 bridgehead atoms. The maximum absolute atomic E-state index is 13.1. The monoisotopic (exact) mass is 530 g/mol. The van der Waals surface area contributed by atoms with Crippen LogP contribution in [-0.2, 0) is 4.79 Å². The summed E-state index contributed by atoms with van der Waals surface area (Å²) in [5, 5.41) is 4.41. The number of aromatic amines is 1. The Balaban J connectivity index is 1.58. The van der Waals surface area contributed by atoms with E-state index in [0.717, 1.165) is 58.8 Å². The minimum Gasteiger partial charge on any atom is -0.353 e. The molecule has 2 atom stereocenters. The minimum atomic E-state index is 0.178. The van der Waals surface area contributed by atoms with Crippen LogP contribution < -0.4 is 4.90 Å². The highest BCUT2D eigenvalue weighted by molar-refractivity contribution is 5.90. The molecular weight excluding hydrogens is 488 g/mol. The minimum absolute atomic E-state index is 0.178. The SMILES string of the molecule is CC[C@H](C)C1CN(C(=O)CN(C)CC)CN1c1ccc2[nH]c(-c3cn4ncnc4c(C)c3C)c(C(C)C)c2n1. The summed E-state index contributed by atoms with van der Waals surface area (Å²) in [6, 6.07) is 4.48. The van der Waals surface area contributed by atoms with Gasteiger partial charge in [0.15, 0.2) is 5.65 Å². The van der Waals surface area contributed by atoms with Crippen molar-refractivity contribution in [1.29, 1.82) is 0 Å². The van der Waals surface area contributed by atoms with Crippen molar-refractivity contribution in [3.8, 4) is 11.3 Å². The zero-order chi connectivity index (χ0) is 28.0. The highest BCUT2D eigenvalue weighted by Crippen LogP contribution is 2.38. The van der Waals surface area contributed by atoms with Crippen LogP contribution in [0.5, 0.6) is 0 Å². The van der Waals surface area contributed by atoms with Crippen molar-refractivity contribution in [3.63, 3.8) is 0 Å². The number of anilines is 1. The Bertz CT molecular complexity index is 1500. The Morgan fingerprint density at radius 2 is 1.95 bits per heavy atom. The molecule has 9 heteroatoms. The van der Waals surface area contributed by atoms with E-state index in [0.29, 0.717) is 19.1 Å². The molecule has 0 radical (unpaired) electrons. The van der Waals surface area contributed by atoms with Crippen LogP contribution in [0.1, 0.15) is 63.6 Å². The van der Waals surface area contributed by atoms with E-state index in [1.807, 2.05) is 16.5 Å². The molecule has 1 unspecified atom stereocenters. The van der Waals surface area contributed by atoms with Crippen molar-refractivity contribution in [2.75, 3.05) is 38.3 Å². The number of aryl methyl sites for hydroxylation is 1. The lowest BCUT2D eigenvalue weighted by Gasteiger charge is -2.28. The lowest BCUT2D eigenvalue weighted by Crippen LogP contribution is -2.38. The summed E-state index contributed by atoms with van der Waals surface area (Å²) in [6.07, 6.45) is 4.72. The van der Waals surface area contributed by atoms with Crippen LogP contribution >= 0.6 is 0 Å². The van der Waals surface area contributed by atoms with Gasteiger partial charge < -0.3 is 14.8 Å². The number of nitrogens with one attached hydrogen (secondary N) is 1. The van der Waals surface area contributed by atoms with E-state index in [1.54, 1.807) is 6.33 Å². The summed E-state index contributed by atoms with van der Waals surface area (Å²) >= 11 is 0. The number of likely N-dealkylation sites (N-methyl/N-ethyl adjacent to an activating group) is 1. The van der Waals surface area contributed by atoms with Gasteiger partial charge in [-0.25, -0.2) is 14.5 Å². The van der Waals surface area contributed by atoms with E-state index in [9.17, 15) is 4.79 Å². The Hall–Kier alpha value is -3.46. The van der Waals surface area contributed by atoms with E-state index in [4.69, 9.17) is 4.98 Å². The Morgan fingerprint density at radius 1 is 1.18 bits per heavy atom. The van der Waals surface area contributed by atoms with Crippen molar-refractivity contribution in [2.24, 2.45) is 5.92 Å². The predicted molar refractivity (Wildman–Crippen MR) is 157 cm³/mol. The zero-order valence-corrected chi connectivity index (χ0v) is 24.6. The molecule has 9 nitrogen and oxygen atoms in total. The number of fused-ring (bicyclic) bond motifs is 2. The smallest absolute Gasteiger partial charge is 0.238 e. The van der Waals surface area contributed by atoms with E-state index < -0.39 is 0 Å². The number of carbonyl (C=O) groups excluding carboxylic acids is 1. The van der Waals surface area contributed by atoms with Gasteiger partial charge in [-0.05, 0) is 62.5 Å². The van der Waals surface area contributed by atoms with E-state index in [2.05, 4.69) is 91.7 Å². The summed E-state index contributed by atoms with van der Waals surface area (Å²) in [5.74, 6) is 1.81. The van der Waals surface area contributed by atoms with Gasteiger partial charge in [0.1, 0.15) is 12.1 Å². The van der Waals surface area contributed by atoms with Crippen LogP contribution in [0.15, 0.2) is 24.7 Å². The summed E-state index contributed by atoms with van der Waals surface area (Å²) in [4.78, 5) is 32.9. The van der Waals surface area contributed by atoms with Crippen LogP contribution in [0.3, 0.4) is 0 Å². The van der Waals surface area contributed by atoms with Crippen molar-refractivity contribution in [2.45, 2.75) is 66.8 Å². The second kappa shape index (κ2) is 10.6. The second-order valence-electron chi connectivity index (χ2n) is 11.5. The highest BCUT2D eigenvalue weighted by atomic mass is 16.2. The molecule has 0 spiro atoms.